The van der Waals surface area contributed by atoms with Gasteiger partial charge in [0.2, 0.25) is 5.78 Å². The highest BCUT2D eigenvalue weighted by atomic mass is 16.3. The molecule has 3 aliphatic carbocycles. The fourth-order valence-electron chi connectivity index (χ4n) is 5.77. The van der Waals surface area contributed by atoms with Gasteiger partial charge in [-0.15, -0.1) is 0 Å². The van der Waals surface area contributed by atoms with Crippen LogP contribution in [-0.2, 0) is 16.0 Å². The summed E-state index contributed by atoms with van der Waals surface area (Å²) in [4.78, 5) is 42.1. The number of hydrogen-bond acceptors (Lipinski definition) is 11. The van der Waals surface area contributed by atoms with Crippen LogP contribution in [0.4, 0.5) is 11.4 Å². The van der Waals surface area contributed by atoms with E-state index in [0.717, 1.165) is 0 Å². The molecule has 35 heavy (non-hydrogen) atoms. The van der Waals surface area contributed by atoms with Crippen LogP contribution in [0.25, 0.3) is 0 Å². The van der Waals surface area contributed by atoms with Crippen LogP contribution in [0.1, 0.15) is 22.3 Å². The number of carbonyl (C=O) groups is 3. The minimum absolute atomic E-state index is 0.00393. The van der Waals surface area contributed by atoms with E-state index in [0.29, 0.717) is 11.3 Å². The molecule has 4 atom stereocenters. The lowest BCUT2D eigenvalue weighted by Crippen LogP contribution is -2.63. The molecule has 1 aromatic carbocycles. The van der Waals surface area contributed by atoms with Gasteiger partial charge in [0, 0.05) is 31.3 Å². The molecule has 186 valence electrons. The lowest BCUT2D eigenvalue weighted by Gasteiger charge is -2.50. The summed E-state index contributed by atoms with van der Waals surface area (Å²) in [6.07, 6.45) is 0.165. The summed E-state index contributed by atoms with van der Waals surface area (Å²) in [5.74, 6) is -7.24. The summed E-state index contributed by atoms with van der Waals surface area (Å²) in [6.45, 7) is 0. The molecule has 1 aromatic rings. The normalized spacial score (nSPS) is 28.0. The van der Waals surface area contributed by atoms with Crippen LogP contribution in [0.15, 0.2) is 33.8 Å². The number of aromatic hydroxyl groups is 1. The first-order valence-electron chi connectivity index (χ1n) is 10.9. The average Bonchev–Trinajstić information content (AvgIpc) is 2.75. The van der Waals surface area contributed by atoms with E-state index >= 15 is 0 Å². The summed E-state index contributed by atoms with van der Waals surface area (Å²) in [7, 11) is 6.59. The van der Waals surface area contributed by atoms with Crippen molar-refractivity contribution in [1.82, 2.24) is 4.90 Å². The number of nitrogens with one attached hydrogen (secondary N) is 1. The van der Waals surface area contributed by atoms with Crippen molar-refractivity contribution in [3.63, 3.8) is 0 Å². The van der Waals surface area contributed by atoms with E-state index in [2.05, 4.69) is 5.11 Å². The summed E-state index contributed by atoms with van der Waals surface area (Å²) >= 11 is 0. The highest BCUT2D eigenvalue weighted by Gasteiger charge is 2.63. The van der Waals surface area contributed by atoms with Crippen molar-refractivity contribution >= 4 is 28.8 Å². The van der Waals surface area contributed by atoms with Gasteiger partial charge in [0.25, 0.3) is 5.91 Å². The number of nitrogens with zero attached hydrogens (tertiary/aromatic N) is 3. The maximum absolute atomic E-state index is 13.7. The van der Waals surface area contributed by atoms with E-state index in [1.165, 1.54) is 11.0 Å². The summed E-state index contributed by atoms with van der Waals surface area (Å²) in [6, 6.07) is 0.425. The predicted molar refractivity (Wildman–Crippen MR) is 123 cm³/mol. The molecule has 3 aliphatic rings. The van der Waals surface area contributed by atoms with Gasteiger partial charge in [0.05, 0.1) is 11.6 Å². The highest BCUT2D eigenvalue weighted by Crippen LogP contribution is 2.54. The number of rotatable bonds is 4. The highest BCUT2D eigenvalue weighted by molar-refractivity contribution is 6.25. The molecule has 4 rings (SSSR count). The molecule has 12 heteroatoms. The summed E-state index contributed by atoms with van der Waals surface area (Å²) in [5.41, 5.74) is 9.55. The fourth-order valence-corrected chi connectivity index (χ4v) is 5.77. The third-order valence-corrected chi connectivity index (χ3v) is 7.28. The number of Topliss-reactive ketones (excluding diaryl/α,β-unsaturated/α-hetero) is 2. The van der Waals surface area contributed by atoms with Gasteiger partial charge in [-0.25, -0.2) is 5.53 Å². The topological polar surface area (TPSA) is 201 Å². The first-order valence-corrected chi connectivity index (χ1v) is 10.9. The first-order chi connectivity index (χ1) is 16.3. The van der Waals surface area contributed by atoms with Gasteiger partial charge in [-0.3, -0.25) is 19.3 Å². The van der Waals surface area contributed by atoms with E-state index in [-0.39, 0.29) is 29.7 Å². The standard InChI is InChI=1S/C23H27N5O7/c1-27(2)12-7-11(26-25)17(29)14-9(12)5-8-6-10-16(28(3)4)19(31)15(22(24)34)21(33)23(10,35)20(32)13(8)18(14)30/h7-8,10,16,25,29,31-32,35H,5-6H2,1-4H3,(H2,24,34)/t8?,10?,16-,23-/m0/s1. The van der Waals surface area contributed by atoms with Crippen molar-refractivity contribution in [2.45, 2.75) is 24.5 Å². The Morgan fingerprint density at radius 1 is 1.20 bits per heavy atom. The number of aliphatic hydroxyl groups is 3. The van der Waals surface area contributed by atoms with Gasteiger partial charge in [0.1, 0.15) is 22.8 Å². The zero-order valence-corrected chi connectivity index (χ0v) is 19.7. The molecular weight excluding hydrogens is 458 g/mol. The van der Waals surface area contributed by atoms with Crippen LogP contribution in [0.2, 0.25) is 0 Å². The number of fused-ring (bicyclic) bond motifs is 3. The molecule has 2 unspecified atom stereocenters. The second kappa shape index (κ2) is 7.89. The Bertz CT molecular complexity index is 1270. The SMILES string of the molecule is CN(C)c1cc(N=N)c(O)c2c1CC1CC3[C@H](N(C)C)C(O)=C(C(N)=O)C(=O)[C@@]3(O)C(O)=C1C2=O. The molecule has 0 spiro atoms. The van der Waals surface area contributed by atoms with Crippen molar-refractivity contribution in [3.05, 3.63) is 39.9 Å². The lowest BCUT2D eigenvalue weighted by atomic mass is 9.58. The molecule has 1 amide bonds. The van der Waals surface area contributed by atoms with Crippen LogP contribution >= 0.6 is 0 Å². The molecule has 0 saturated heterocycles. The minimum atomic E-state index is -2.69. The van der Waals surface area contributed by atoms with Crippen LogP contribution in [0, 0.1) is 17.4 Å². The van der Waals surface area contributed by atoms with E-state index < -0.39 is 63.8 Å². The fraction of sp³-hybridized carbons (Fsp3) is 0.435. The summed E-state index contributed by atoms with van der Waals surface area (Å²) in [5, 5.41) is 47.6. The Labute approximate surface area is 200 Å². The number of allylic oxidation sites excluding steroid dienone is 1. The zero-order valence-electron chi connectivity index (χ0n) is 19.7. The number of ketones is 2. The minimum Gasteiger partial charge on any atom is -0.510 e. The number of benzene rings is 1. The third kappa shape index (κ3) is 3.09. The Kier molecular flexibility index (Phi) is 5.49. The zero-order chi connectivity index (χ0) is 26.1. The van der Waals surface area contributed by atoms with Crippen LogP contribution in [-0.4, -0.2) is 82.6 Å². The molecule has 0 aliphatic heterocycles. The molecule has 0 radical (unpaired) electrons. The third-order valence-electron chi connectivity index (χ3n) is 7.28. The van der Waals surface area contributed by atoms with Crippen molar-refractivity contribution < 1.29 is 34.8 Å². The van der Waals surface area contributed by atoms with Crippen molar-refractivity contribution in [3.8, 4) is 5.75 Å². The van der Waals surface area contributed by atoms with Crippen LogP contribution in [0.3, 0.4) is 0 Å². The second-order valence-electron chi connectivity index (χ2n) is 9.59. The number of phenolic OH excluding ortho intramolecular Hbond substituents is 1. The number of amides is 1. The van der Waals surface area contributed by atoms with Gasteiger partial charge in [-0.05, 0) is 44.5 Å². The molecule has 7 N–H and O–H groups in total. The Morgan fingerprint density at radius 2 is 1.83 bits per heavy atom. The average molecular weight is 485 g/mol. The number of anilines is 1. The molecule has 0 bridgehead atoms. The van der Waals surface area contributed by atoms with Gasteiger partial charge in [-0.2, -0.15) is 5.11 Å². The maximum atomic E-state index is 13.7. The number of carbonyl (C=O) groups excluding carboxylic acids is 3. The largest absolute Gasteiger partial charge is 0.510 e. The van der Waals surface area contributed by atoms with Gasteiger partial charge < -0.3 is 31.1 Å². The number of nitrogens with two attached hydrogens (primary N) is 1. The predicted octanol–water partition coefficient (Wildman–Crippen LogP) is 0.849. The van der Waals surface area contributed by atoms with E-state index in [9.17, 15) is 34.8 Å². The Balaban J connectivity index is 2.01. The monoisotopic (exact) mass is 485 g/mol. The van der Waals surface area contributed by atoms with Crippen molar-refractivity contribution in [2.75, 3.05) is 33.1 Å². The molecule has 0 aromatic heterocycles. The molecule has 0 heterocycles. The summed E-state index contributed by atoms with van der Waals surface area (Å²) < 4.78 is 0. The number of phenols is 1. The molecule has 0 saturated carbocycles. The number of primary amides is 1. The smallest absolute Gasteiger partial charge is 0.255 e. The molecule has 0 fully saturated rings. The van der Waals surface area contributed by atoms with Crippen molar-refractivity contribution in [1.29, 1.82) is 5.53 Å². The van der Waals surface area contributed by atoms with Gasteiger partial charge in [-0.1, -0.05) is 0 Å². The van der Waals surface area contributed by atoms with Gasteiger partial charge >= 0.3 is 0 Å². The van der Waals surface area contributed by atoms with Crippen LogP contribution < -0.4 is 10.6 Å². The second-order valence-corrected chi connectivity index (χ2v) is 9.59. The Morgan fingerprint density at radius 3 is 2.34 bits per heavy atom. The van der Waals surface area contributed by atoms with E-state index in [1.54, 1.807) is 33.1 Å². The number of aliphatic hydroxyl groups excluding tert-OH is 2. The molecule has 12 nitrogen and oxygen atoms in total. The Hall–Kier alpha value is -3.77. The number of likely N-dealkylation sites (N-methyl/N-ethyl adjacent to an activating group) is 1. The van der Waals surface area contributed by atoms with Gasteiger partial charge in [0.15, 0.2) is 17.1 Å². The molecular formula is C23H27N5O7. The quantitative estimate of drug-likeness (QED) is 0.264. The van der Waals surface area contributed by atoms with Crippen LogP contribution in [0.5, 0.6) is 5.75 Å². The maximum Gasteiger partial charge on any atom is 0.255 e. The first kappa shape index (κ1) is 24.4. The van der Waals surface area contributed by atoms with Crippen molar-refractivity contribution in [2.24, 2.45) is 22.7 Å². The van der Waals surface area contributed by atoms with E-state index in [1.807, 2.05) is 0 Å². The number of hydrogen-bond donors (Lipinski definition) is 6. The lowest BCUT2D eigenvalue weighted by molar-refractivity contribution is -0.148. The van der Waals surface area contributed by atoms with E-state index in [4.69, 9.17) is 11.3 Å².